The van der Waals surface area contributed by atoms with Gasteiger partial charge in [-0.2, -0.15) is 0 Å². The molecule has 2 aromatic carbocycles. The maximum absolute atomic E-state index is 12.4. The lowest BCUT2D eigenvalue weighted by Gasteiger charge is -2.16. The van der Waals surface area contributed by atoms with E-state index in [1.54, 1.807) is 23.9 Å². The molecule has 9 heteroatoms. The highest BCUT2D eigenvalue weighted by atomic mass is 32.2. The molecular formula is C22H24N4O2S3. The standard InChI is InChI=1S/C22H24N4O2S3/c1-25(13-17-9-5-3-6-10-17)19(27)15-29-21-23-24-22(31-21)30-16-20(28)26(2)14-18-11-7-4-8-12-18/h3-12H,13-16H2,1-2H3. The van der Waals surface area contributed by atoms with Crippen molar-refractivity contribution in [2.24, 2.45) is 0 Å². The van der Waals surface area contributed by atoms with Crippen LogP contribution in [0.2, 0.25) is 0 Å². The second kappa shape index (κ2) is 11.9. The van der Waals surface area contributed by atoms with Gasteiger partial charge in [0.25, 0.3) is 0 Å². The lowest BCUT2D eigenvalue weighted by atomic mass is 10.2. The highest BCUT2D eigenvalue weighted by Crippen LogP contribution is 2.29. The largest absolute Gasteiger partial charge is 0.341 e. The van der Waals surface area contributed by atoms with Crippen molar-refractivity contribution in [3.05, 3.63) is 71.8 Å². The fourth-order valence-corrected chi connectivity index (χ4v) is 5.57. The third kappa shape index (κ3) is 7.68. The molecule has 0 bridgehead atoms. The van der Waals surface area contributed by atoms with E-state index in [1.165, 1.54) is 34.9 Å². The van der Waals surface area contributed by atoms with Crippen molar-refractivity contribution in [1.29, 1.82) is 0 Å². The lowest BCUT2D eigenvalue weighted by Crippen LogP contribution is -2.27. The van der Waals surface area contributed by atoms with Crippen LogP contribution < -0.4 is 0 Å². The molecule has 0 spiro atoms. The zero-order valence-electron chi connectivity index (χ0n) is 17.4. The van der Waals surface area contributed by atoms with Crippen molar-refractivity contribution in [1.82, 2.24) is 20.0 Å². The van der Waals surface area contributed by atoms with Gasteiger partial charge >= 0.3 is 0 Å². The molecule has 0 atom stereocenters. The van der Waals surface area contributed by atoms with Gasteiger partial charge < -0.3 is 9.80 Å². The normalized spacial score (nSPS) is 10.6. The SMILES string of the molecule is CN(Cc1ccccc1)C(=O)CSc1nnc(SCC(=O)N(C)Cc2ccccc2)s1. The number of benzene rings is 2. The summed E-state index contributed by atoms with van der Waals surface area (Å²) < 4.78 is 1.46. The smallest absolute Gasteiger partial charge is 0.233 e. The van der Waals surface area contributed by atoms with Crippen LogP contribution in [-0.2, 0) is 22.7 Å². The average Bonchev–Trinajstić information content (AvgIpc) is 3.25. The van der Waals surface area contributed by atoms with Gasteiger partial charge in [-0.25, -0.2) is 0 Å². The Balaban J connectivity index is 1.40. The van der Waals surface area contributed by atoms with Crippen LogP contribution in [-0.4, -0.2) is 57.4 Å². The first-order valence-electron chi connectivity index (χ1n) is 9.66. The molecule has 1 aromatic heterocycles. The first-order chi connectivity index (χ1) is 15.0. The molecule has 0 fully saturated rings. The number of rotatable bonds is 10. The van der Waals surface area contributed by atoms with Gasteiger partial charge in [-0.3, -0.25) is 9.59 Å². The molecule has 0 aliphatic heterocycles. The van der Waals surface area contributed by atoms with Crippen molar-refractivity contribution < 1.29 is 9.59 Å². The first-order valence-corrected chi connectivity index (χ1v) is 12.4. The monoisotopic (exact) mass is 472 g/mol. The van der Waals surface area contributed by atoms with Crippen LogP contribution in [0.25, 0.3) is 0 Å². The first kappa shape index (κ1) is 23.3. The molecule has 31 heavy (non-hydrogen) atoms. The molecule has 0 saturated carbocycles. The molecule has 6 nitrogen and oxygen atoms in total. The Bertz CT molecular complexity index is 905. The molecule has 0 aliphatic rings. The molecule has 3 rings (SSSR count). The number of amides is 2. The van der Waals surface area contributed by atoms with Gasteiger partial charge in [-0.1, -0.05) is 95.5 Å². The van der Waals surface area contributed by atoms with E-state index < -0.39 is 0 Å². The topological polar surface area (TPSA) is 66.4 Å². The molecule has 0 radical (unpaired) electrons. The summed E-state index contributed by atoms with van der Waals surface area (Å²) in [4.78, 5) is 28.2. The predicted molar refractivity (Wildman–Crippen MR) is 127 cm³/mol. The molecule has 0 aliphatic carbocycles. The van der Waals surface area contributed by atoms with E-state index in [0.29, 0.717) is 24.6 Å². The Morgan fingerprint density at radius 1 is 0.742 bits per heavy atom. The zero-order valence-corrected chi connectivity index (χ0v) is 19.9. The second-order valence-corrected chi connectivity index (χ2v) is 10.3. The van der Waals surface area contributed by atoms with E-state index in [4.69, 9.17) is 0 Å². The van der Waals surface area contributed by atoms with Gasteiger partial charge in [0.05, 0.1) is 11.5 Å². The van der Waals surface area contributed by atoms with Gasteiger partial charge in [0.15, 0.2) is 8.68 Å². The summed E-state index contributed by atoms with van der Waals surface area (Å²) in [6.07, 6.45) is 0. The van der Waals surface area contributed by atoms with Crippen molar-refractivity contribution >= 4 is 46.7 Å². The third-order valence-electron chi connectivity index (χ3n) is 4.40. The minimum absolute atomic E-state index is 0.0379. The van der Waals surface area contributed by atoms with E-state index in [1.807, 2.05) is 60.7 Å². The minimum atomic E-state index is 0.0379. The summed E-state index contributed by atoms with van der Waals surface area (Å²) in [7, 11) is 3.60. The molecular weight excluding hydrogens is 448 g/mol. The number of carbonyl (C=O) groups is 2. The van der Waals surface area contributed by atoms with Gasteiger partial charge in [-0.15, -0.1) is 10.2 Å². The van der Waals surface area contributed by atoms with Gasteiger partial charge in [0.1, 0.15) is 0 Å². The van der Waals surface area contributed by atoms with Gasteiger partial charge in [0.2, 0.25) is 11.8 Å². The number of carbonyl (C=O) groups excluding carboxylic acids is 2. The Hall–Kier alpha value is -2.36. The minimum Gasteiger partial charge on any atom is -0.341 e. The average molecular weight is 473 g/mol. The summed E-state index contributed by atoms with van der Waals surface area (Å²) in [6, 6.07) is 19.8. The Morgan fingerprint density at radius 2 is 1.13 bits per heavy atom. The molecule has 2 amide bonds. The highest BCUT2D eigenvalue weighted by molar-refractivity contribution is 8.03. The molecule has 3 aromatic rings. The second-order valence-electron chi connectivity index (χ2n) is 6.88. The quantitative estimate of drug-likeness (QED) is 0.415. The van der Waals surface area contributed by atoms with Gasteiger partial charge in [0, 0.05) is 27.2 Å². The number of aromatic nitrogens is 2. The molecule has 1 heterocycles. The van der Waals surface area contributed by atoms with Crippen LogP contribution in [0.5, 0.6) is 0 Å². The van der Waals surface area contributed by atoms with E-state index in [9.17, 15) is 9.59 Å². The fraction of sp³-hybridized carbons (Fsp3) is 0.273. The van der Waals surface area contributed by atoms with Crippen molar-refractivity contribution in [2.45, 2.75) is 21.8 Å². The van der Waals surface area contributed by atoms with Crippen molar-refractivity contribution in [3.8, 4) is 0 Å². The van der Waals surface area contributed by atoms with Crippen LogP contribution in [0.1, 0.15) is 11.1 Å². The van der Waals surface area contributed by atoms with E-state index in [-0.39, 0.29) is 11.8 Å². The number of nitrogens with zero attached hydrogens (tertiary/aromatic N) is 4. The summed E-state index contributed by atoms with van der Waals surface area (Å²) in [5, 5.41) is 8.27. The highest BCUT2D eigenvalue weighted by Gasteiger charge is 2.15. The van der Waals surface area contributed by atoms with Crippen molar-refractivity contribution in [2.75, 3.05) is 25.6 Å². The summed E-state index contributed by atoms with van der Waals surface area (Å²) in [6.45, 7) is 1.16. The fourth-order valence-electron chi connectivity index (χ4n) is 2.67. The summed E-state index contributed by atoms with van der Waals surface area (Å²) in [5.41, 5.74) is 2.19. The number of hydrogen-bond acceptors (Lipinski definition) is 7. The molecule has 0 N–H and O–H groups in total. The molecule has 162 valence electrons. The Morgan fingerprint density at radius 3 is 1.52 bits per heavy atom. The predicted octanol–water partition coefficient (Wildman–Crippen LogP) is 4.04. The summed E-state index contributed by atoms with van der Waals surface area (Å²) in [5.74, 6) is 0.690. The number of thioether (sulfide) groups is 2. The maximum atomic E-state index is 12.4. The van der Waals surface area contributed by atoms with Crippen LogP contribution in [0.15, 0.2) is 69.3 Å². The van der Waals surface area contributed by atoms with Crippen LogP contribution >= 0.6 is 34.9 Å². The van der Waals surface area contributed by atoms with Gasteiger partial charge in [-0.05, 0) is 11.1 Å². The van der Waals surface area contributed by atoms with E-state index in [2.05, 4.69) is 10.2 Å². The lowest BCUT2D eigenvalue weighted by molar-refractivity contribution is -0.128. The third-order valence-corrected chi connectivity index (χ3v) is 7.56. The Kier molecular flexibility index (Phi) is 8.93. The Labute approximate surface area is 195 Å². The summed E-state index contributed by atoms with van der Waals surface area (Å²) >= 11 is 4.16. The number of hydrogen-bond donors (Lipinski definition) is 0. The molecule has 0 saturated heterocycles. The van der Waals surface area contributed by atoms with Crippen LogP contribution in [0.3, 0.4) is 0 Å². The van der Waals surface area contributed by atoms with Crippen LogP contribution in [0, 0.1) is 0 Å². The van der Waals surface area contributed by atoms with E-state index >= 15 is 0 Å². The van der Waals surface area contributed by atoms with Crippen molar-refractivity contribution in [3.63, 3.8) is 0 Å². The zero-order chi connectivity index (χ0) is 22.1. The van der Waals surface area contributed by atoms with E-state index in [0.717, 1.165) is 19.8 Å². The van der Waals surface area contributed by atoms with Crippen LogP contribution in [0.4, 0.5) is 0 Å². The molecule has 0 unspecified atom stereocenters. The maximum Gasteiger partial charge on any atom is 0.233 e.